The topological polar surface area (TPSA) is 72.1 Å². The van der Waals surface area contributed by atoms with Crippen LogP contribution < -0.4 is 25.0 Å². The van der Waals surface area contributed by atoms with Gasteiger partial charge < -0.3 is 24.4 Å². The van der Waals surface area contributed by atoms with Crippen molar-refractivity contribution < 1.29 is 32.2 Å². The lowest BCUT2D eigenvalue weighted by Crippen LogP contribution is -2.38. The van der Waals surface area contributed by atoms with Crippen molar-refractivity contribution in [3.8, 4) is 11.5 Å². The van der Waals surface area contributed by atoms with Crippen LogP contribution in [0.1, 0.15) is 15.9 Å². The lowest BCUT2D eigenvalue weighted by atomic mass is 10.1. The molecule has 11 heteroatoms. The maximum Gasteiger partial charge on any atom is 0.416 e. The second-order valence-electron chi connectivity index (χ2n) is 6.81. The molecule has 0 aliphatic carbocycles. The highest BCUT2D eigenvalue weighted by Crippen LogP contribution is 2.36. The summed E-state index contributed by atoms with van der Waals surface area (Å²) in [5, 5.41) is 5.09. The zero-order valence-electron chi connectivity index (χ0n) is 16.1. The Morgan fingerprint density at radius 3 is 2.52 bits per heavy atom. The van der Waals surface area contributed by atoms with Gasteiger partial charge in [0, 0.05) is 18.7 Å². The molecule has 2 aliphatic heterocycles. The van der Waals surface area contributed by atoms with Crippen LogP contribution in [0.2, 0.25) is 0 Å². The number of hydrogen-bond acceptors (Lipinski definition) is 6. The lowest BCUT2D eigenvalue weighted by Gasteiger charge is -2.31. The minimum Gasteiger partial charge on any atom is -0.454 e. The van der Waals surface area contributed by atoms with Gasteiger partial charge in [-0.1, -0.05) is 0 Å². The fourth-order valence-electron chi connectivity index (χ4n) is 3.26. The average molecular weight is 453 g/mol. The molecule has 2 aromatic carbocycles. The highest BCUT2D eigenvalue weighted by Gasteiger charge is 2.32. The van der Waals surface area contributed by atoms with Crippen molar-refractivity contribution in [2.24, 2.45) is 0 Å². The molecule has 1 saturated heterocycles. The highest BCUT2D eigenvalue weighted by atomic mass is 32.1. The summed E-state index contributed by atoms with van der Waals surface area (Å²) < 4.78 is 55.5. The van der Waals surface area contributed by atoms with Crippen LogP contribution in [0.25, 0.3) is 0 Å². The van der Waals surface area contributed by atoms with Crippen LogP contribution in [0, 0.1) is 0 Å². The molecule has 2 N–H and O–H groups in total. The van der Waals surface area contributed by atoms with Crippen LogP contribution >= 0.6 is 12.2 Å². The summed E-state index contributed by atoms with van der Waals surface area (Å²) in [6.45, 7) is 2.05. The molecule has 4 rings (SSSR count). The van der Waals surface area contributed by atoms with Crippen molar-refractivity contribution in [3.63, 3.8) is 0 Å². The minimum absolute atomic E-state index is 0.0697. The zero-order valence-corrected chi connectivity index (χ0v) is 16.9. The van der Waals surface area contributed by atoms with Crippen molar-refractivity contribution in [1.29, 1.82) is 0 Å². The van der Waals surface area contributed by atoms with Gasteiger partial charge in [0.2, 0.25) is 6.79 Å². The highest BCUT2D eigenvalue weighted by molar-refractivity contribution is 7.80. The summed E-state index contributed by atoms with van der Waals surface area (Å²) in [5.41, 5.74) is 0.131. The predicted molar refractivity (Wildman–Crippen MR) is 111 cm³/mol. The van der Waals surface area contributed by atoms with Crippen molar-refractivity contribution in [2.75, 3.05) is 43.3 Å². The number of alkyl halides is 3. The molecule has 2 aliphatic rings. The number of hydrogen-bond donors (Lipinski definition) is 2. The van der Waals surface area contributed by atoms with Crippen molar-refractivity contribution >= 4 is 34.6 Å². The maximum atomic E-state index is 13.2. The van der Waals surface area contributed by atoms with Gasteiger partial charge in [0.25, 0.3) is 5.91 Å². The van der Waals surface area contributed by atoms with E-state index in [0.29, 0.717) is 43.5 Å². The summed E-state index contributed by atoms with van der Waals surface area (Å²) >= 11 is 5.19. The number of thiocarbonyl (C=S) groups is 1. The molecule has 31 heavy (non-hydrogen) atoms. The fraction of sp³-hybridized carbons (Fsp3) is 0.300. The van der Waals surface area contributed by atoms with Crippen LogP contribution in [-0.4, -0.2) is 44.1 Å². The largest absolute Gasteiger partial charge is 0.454 e. The summed E-state index contributed by atoms with van der Waals surface area (Å²) in [7, 11) is 0. The van der Waals surface area contributed by atoms with Crippen LogP contribution in [0.3, 0.4) is 0 Å². The van der Waals surface area contributed by atoms with Gasteiger partial charge >= 0.3 is 6.18 Å². The number of nitrogens with one attached hydrogen (secondary N) is 2. The third kappa shape index (κ3) is 4.83. The summed E-state index contributed by atoms with van der Waals surface area (Å²) in [4.78, 5) is 14.4. The molecule has 2 aromatic rings. The number of carbonyl (C=O) groups is 1. The van der Waals surface area contributed by atoms with E-state index in [9.17, 15) is 18.0 Å². The van der Waals surface area contributed by atoms with E-state index < -0.39 is 17.6 Å². The summed E-state index contributed by atoms with van der Waals surface area (Å²) in [6, 6.07) is 8.02. The van der Waals surface area contributed by atoms with Crippen molar-refractivity contribution in [2.45, 2.75) is 6.18 Å². The molecule has 0 radical (unpaired) electrons. The predicted octanol–water partition coefficient (Wildman–Crippen LogP) is 3.40. The number of nitrogens with zero attached hydrogens (tertiary/aromatic N) is 1. The lowest BCUT2D eigenvalue weighted by molar-refractivity contribution is -0.137. The van der Waals surface area contributed by atoms with Crippen LogP contribution in [-0.2, 0) is 10.9 Å². The van der Waals surface area contributed by atoms with E-state index in [2.05, 4.69) is 10.6 Å². The van der Waals surface area contributed by atoms with E-state index in [1.807, 2.05) is 4.90 Å². The van der Waals surface area contributed by atoms with E-state index in [1.54, 1.807) is 6.07 Å². The van der Waals surface area contributed by atoms with Gasteiger partial charge in [0.1, 0.15) is 0 Å². The second-order valence-corrected chi connectivity index (χ2v) is 7.21. The smallest absolute Gasteiger partial charge is 0.416 e. The monoisotopic (exact) mass is 453 g/mol. The average Bonchev–Trinajstić information content (AvgIpc) is 3.21. The van der Waals surface area contributed by atoms with E-state index in [4.69, 9.17) is 26.4 Å². The van der Waals surface area contributed by atoms with Crippen molar-refractivity contribution in [1.82, 2.24) is 5.32 Å². The van der Waals surface area contributed by atoms with Crippen LogP contribution in [0.5, 0.6) is 11.5 Å². The molecule has 0 aromatic heterocycles. The zero-order chi connectivity index (χ0) is 22.0. The van der Waals surface area contributed by atoms with E-state index in [-0.39, 0.29) is 23.2 Å². The molecule has 0 atom stereocenters. The number of halogens is 3. The Bertz CT molecular complexity index is 1010. The Labute approximate surface area is 181 Å². The molecule has 0 saturated carbocycles. The van der Waals surface area contributed by atoms with Gasteiger partial charge in [-0.2, -0.15) is 13.2 Å². The molecule has 0 spiro atoms. The van der Waals surface area contributed by atoms with E-state index in [0.717, 1.165) is 12.1 Å². The standard InChI is InChI=1S/C20H18F3N3O4S/c21-20(22,23)13-2-3-15(26-5-7-28-8-6-26)14(10-13)24-19(31)25-18(27)12-1-4-16-17(9-12)30-11-29-16/h1-4,9-10H,5-8,11H2,(H2,24,25,27,31). The molecule has 2 heterocycles. The second kappa shape index (κ2) is 8.60. The quantitative estimate of drug-likeness (QED) is 0.691. The number of benzene rings is 2. The van der Waals surface area contributed by atoms with Gasteiger partial charge in [0.15, 0.2) is 16.6 Å². The molecule has 0 unspecified atom stereocenters. The first kappa shape index (κ1) is 21.2. The Morgan fingerprint density at radius 2 is 1.77 bits per heavy atom. The Hall–Kier alpha value is -3.05. The van der Waals surface area contributed by atoms with Crippen LogP contribution in [0.15, 0.2) is 36.4 Å². The number of ether oxygens (including phenoxy) is 3. The molecule has 1 fully saturated rings. The van der Waals surface area contributed by atoms with Gasteiger partial charge in [-0.05, 0) is 48.6 Å². The van der Waals surface area contributed by atoms with Gasteiger partial charge in [-0.3, -0.25) is 10.1 Å². The first-order chi connectivity index (χ1) is 14.8. The van der Waals surface area contributed by atoms with Gasteiger partial charge in [-0.25, -0.2) is 0 Å². The normalized spacial score (nSPS) is 15.5. The summed E-state index contributed by atoms with van der Waals surface area (Å²) in [5.74, 6) is 0.422. The van der Waals surface area contributed by atoms with Gasteiger partial charge in [-0.15, -0.1) is 0 Å². The molecule has 0 bridgehead atoms. The molecular formula is C20H18F3N3O4S. The number of anilines is 2. The Kier molecular flexibility index (Phi) is 5.88. The summed E-state index contributed by atoms with van der Waals surface area (Å²) in [6.07, 6.45) is -4.52. The number of carbonyl (C=O) groups excluding carboxylic acids is 1. The van der Waals surface area contributed by atoms with Crippen molar-refractivity contribution in [3.05, 3.63) is 47.5 Å². The van der Waals surface area contributed by atoms with E-state index >= 15 is 0 Å². The maximum absolute atomic E-state index is 13.2. The molecule has 7 nitrogen and oxygen atoms in total. The van der Waals surface area contributed by atoms with Crippen LogP contribution in [0.4, 0.5) is 24.5 Å². The molecule has 164 valence electrons. The molecule has 1 amide bonds. The van der Waals surface area contributed by atoms with Gasteiger partial charge in [0.05, 0.1) is 30.2 Å². The minimum atomic E-state index is -4.52. The number of morpholine rings is 1. The third-order valence-corrected chi connectivity index (χ3v) is 4.99. The SMILES string of the molecule is O=C(NC(=S)Nc1cc(C(F)(F)F)ccc1N1CCOCC1)c1ccc2c(c1)OCO2. The molecular weight excluding hydrogens is 435 g/mol. The first-order valence-electron chi connectivity index (χ1n) is 9.37. The number of amides is 1. The number of rotatable bonds is 3. The first-order valence-corrected chi connectivity index (χ1v) is 9.78. The number of fused-ring (bicyclic) bond motifs is 1. The fourth-order valence-corrected chi connectivity index (χ4v) is 3.46. The third-order valence-electron chi connectivity index (χ3n) is 4.79. The van der Waals surface area contributed by atoms with E-state index in [1.165, 1.54) is 18.2 Å². The Balaban J connectivity index is 1.52. The Morgan fingerprint density at radius 1 is 1.03 bits per heavy atom.